The van der Waals surface area contributed by atoms with E-state index in [0.717, 1.165) is 18.3 Å². The van der Waals surface area contributed by atoms with Gasteiger partial charge in [-0.1, -0.05) is 11.6 Å². The Morgan fingerprint density at radius 1 is 1.30 bits per heavy atom. The highest BCUT2D eigenvalue weighted by molar-refractivity contribution is 6.33. The van der Waals surface area contributed by atoms with Crippen LogP contribution in [0.3, 0.4) is 0 Å². The molecule has 1 aromatic heterocycles. The van der Waals surface area contributed by atoms with Gasteiger partial charge in [0.15, 0.2) is 17.5 Å². The van der Waals surface area contributed by atoms with Crippen LogP contribution < -0.4 is 5.32 Å². The molecule has 20 heavy (non-hydrogen) atoms. The van der Waals surface area contributed by atoms with Crippen LogP contribution in [0.2, 0.25) is 5.02 Å². The van der Waals surface area contributed by atoms with Crippen molar-refractivity contribution in [2.24, 2.45) is 0 Å². The molecule has 0 aliphatic carbocycles. The summed E-state index contributed by atoms with van der Waals surface area (Å²) >= 11 is 5.63. The molecule has 2 aromatic rings. The number of aromatic carboxylic acids is 1. The number of halogens is 4. The lowest BCUT2D eigenvalue weighted by Crippen LogP contribution is -2.06. The van der Waals surface area contributed by atoms with Crippen LogP contribution in [-0.4, -0.2) is 16.1 Å². The molecule has 8 heteroatoms. The molecule has 0 unspecified atom stereocenters. The SMILES string of the molecule is O=C(O)c1ccnc(Nc2c(F)cc(F)cc2Cl)c1F. The van der Waals surface area contributed by atoms with E-state index < -0.39 is 40.5 Å². The minimum absolute atomic E-state index is 0.329. The number of hydrogen-bond acceptors (Lipinski definition) is 3. The molecule has 0 spiro atoms. The molecule has 1 heterocycles. The third-order valence-corrected chi connectivity index (χ3v) is 2.67. The smallest absolute Gasteiger partial charge is 0.338 e. The molecular weight excluding hydrogens is 297 g/mol. The summed E-state index contributed by atoms with van der Waals surface area (Å²) < 4.78 is 40.2. The summed E-state index contributed by atoms with van der Waals surface area (Å²) in [7, 11) is 0. The highest BCUT2D eigenvalue weighted by Crippen LogP contribution is 2.30. The average Bonchev–Trinajstić information content (AvgIpc) is 2.35. The first-order valence-corrected chi connectivity index (χ1v) is 5.57. The predicted octanol–water partition coefficient (Wildman–Crippen LogP) is 3.59. The predicted molar refractivity (Wildman–Crippen MR) is 65.8 cm³/mol. The Morgan fingerprint density at radius 3 is 2.60 bits per heavy atom. The Morgan fingerprint density at radius 2 is 2.00 bits per heavy atom. The van der Waals surface area contributed by atoms with Gasteiger partial charge in [0.1, 0.15) is 11.4 Å². The molecule has 0 saturated heterocycles. The first kappa shape index (κ1) is 14.1. The summed E-state index contributed by atoms with van der Waals surface area (Å²) in [6, 6.07) is 2.32. The van der Waals surface area contributed by atoms with Crippen LogP contribution in [0.5, 0.6) is 0 Å². The zero-order valence-electron chi connectivity index (χ0n) is 9.62. The van der Waals surface area contributed by atoms with E-state index in [-0.39, 0.29) is 5.02 Å². The Balaban J connectivity index is 2.46. The summed E-state index contributed by atoms with van der Waals surface area (Å²) in [5, 5.41) is 10.6. The quantitative estimate of drug-likeness (QED) is 0.909. The van der Waals surface area contributed by atoms with Crippen molar-refractivity contribution in [2.45, 2.75) is 0 Å². The molecule has 0 radical (unpaired) electrons. The van der Waals surface area contributed by atoms with Gasteiger partial charge >= 0.3 is 5.97 Å². The van der Waals surface area contributed by atoms with Crippen LogP contribution >= 0.6 is 11.6 Å². The Kier molecular flexibility index (Phi) is 3.80. The van der Waals surface area contributed by atoms with Gasteiger partial charge in [-0.2, -0.15) is 0 Å². The second-order valence-electron chi connectivity index (χ2n) is 3.70. The molecule has 104 valence electrons. The molecule has 2 N–H and O–H groups in total. The fourth-order valence-electron chi connectivity index (χ4n) is 1.48. The lowest BCUT2D eigenvalue weighted by molar-refractivity contribution is 0.0692. The molecule has 1 aromatic carbocycles. The van der Waals surface area contributed by atoms with E-state index in [1.165, 1.54) is 0 Å². The minimum Gasteiger partial charge on any atom is -0.478 e. The third kappa shape index (κ3) is 2.67. The maximum Gasteiger partial charge on any atom is 0.338 e. The standard InChI is InChI=1S/C12H6ClF3N2O2/c13-7-3-5(14)4-8(15)10(7)18-11-9(16)6(12(19)20)1-2-17-11/h1-4H,(H,17,18)(H,19,20). The number of rotatable bonds is 3. The number of aromatic nitrogens is 1. The number of nitrogens with zero attached hydrogens (tertiary/aromatic N) is 1. The number of benzene rings is 1. The molecule has 0 fully saturated rings. The number of anilines is 2. The van der Waals surface area contributed by atoms with Gasteiger partial charge in [0.05, 0.1) is 10.7 Å². The largest absolute Gasteiger partial charge is 0.478 e. The number of carboxylic acids is 1. The lowest BCUT2D eigenvalue weighted by Gasteiger charge is -2.10. The molecule has 0 aliphatic heterocycles. The van der Waals surface area contributed by atoms with Crippen molar-refractivity contribution in [1.29, 1.82) is 0 Å². The Bertz CT molecular complexity index is 671. The Hall–Kier alpha value is -2.28. The number of carbonyl (C=O) groups is 1. The monoisotopic (exact) mass is 302 g/mol. The van der Waals surface area contributed by atoms with Crippen molar-refractivity contribution >= 4 is 29.1 Å². The second kappa shape index (κ2) is 5.38. The minimum atomic E-state index is -1.50. The fourth-order valence-corrected chi connectivity index (χ4v) is 1.72. The van der Waals surface area contributed by atoms with E-state index >= 15 is 0 Å². The molecule has 0 atom stereocenters. The molecule has 0 amide bonds. The van der Waals surface area contributed by atoms with E-state index in [4.69, 9.17) is 16.7 Å². The third-order valence-electron chi connectivity index (χ3n) is 2.37. The number of pyridine rings is 1. The van der Waals surface area contributed by atoms with Crippen LogP contribution in [0, 0.1) is 17.5 Å². The molecular formula is C12H6ClF3N2O2. The van der Waals surface area contributed by atoms with Gasteiger partial charge in [0.25, 0.3) is 0 Å². The van der Waals surface area contributed by atoms with Gasteiger partial charge in [-0.25, -0.2) is 22.9 Å². The summed E-state index contributed by atoms with van der Waals surface area (Å²) in [5.74, 6) is -5.17. The van der Waals surface area contributed by atoms with Gasteiger partial charge in [-0.05, 0) is 12.1 Å². The zero-order chi connectivity index (χ0) is 14.9. The molecule has 4 nitrogen and oxygen atoms in total. The van der Waals surface area contributed by atoms with Gasteiger partial charge in [0.2, 0.25) is 0 Å². The van der Waals surface area contributed by atoms with Crippen LogP contribution in [0.1, 0.15) is 10.4 Å². The molecule has 0 aliphatic rings. The van der Waals surface area contributed by atoms with Crippen molar-refractivity contribution in [1.82, 2.24) is 4.98 Å². The number of carboxylic acid groups (broad SMARTS) is 1. The molecule has 0 bridgehead atoms. The van der Waals surface area contributed by atoms with Crippen LogP contribution in [0.4, 0.5) is 24.7 Å². The van der Waals surface area contributed by atoms with Crippen LogP contribution in [-0.2, 0) is 0 Å². The second-order valence-corrected chi connectivity index (χ2v) is 4.10. The zero-order valence-corrected chi connectivity index (χ0v) is 10.4. The highest BCUT2D eigenvalue weighted by atomic mass is 35.5. The Labute approximate surface area is 115 Å². The van der Waals surface area contributed by atoms with E-state index in [1.807, 2.05) is 0 Å². The lowest BCUT2D eigenvalue weighted by atomic mass is 10.2. The van der Waals surface area contributed by atoms with Gasteiger partial charge in [0, 0.05) is 12.3 Å². The summed E-state index contributed by atoms with van der Waals surface area (Å²) in [6.07, 6.45) is 1.03. The van der Waals surface area contributed by atoms with Gasteiger partial charge in [-0.15, -0.1) is 0 Å². The summed E-state index contributed by atoms with van der Waals surface area (Å²) in [5.41, 5.74) is -1.04. The highest BCUT2D eigenvalue weighted by Gasteiger charge is 2.18. The summed E-state index contributed by atoms with van der Waals surface area (Å²) in [4.78, 5) is 14.3. The van der Waals surface area contributed by atoms with Crippen molar-refractivity contribution in [3.63, 3.8) is 0 Å². The first-order chi connectivity index (χ1) is 9.40. The normalized spacial score (nSPS) is 10.4. The van der Waals surface area contributed by atoms with Crippen molar-refractivity contribution < 1.29 is 23.1 Å². The van der Waals surface area contributed by atoms with E-state index in [1.54, 1.807) is 0 Å². The van der Waals surface area contributed by atoms with Gasteiger partial charge in [-0.3, -0.25) is 0 Å². The number of hydrogen-bond donors (Lipinski definition) is 2. The van der Waals surface area contributed by atoms with Crippen molar-refractivity contribution in [3.05, 3.63) is 52.4 Å². The van der Waals surface area contributed by atoms with E-state index in [0.29, 0.717) is 6.07 Å². The fraction of sp³-hybridized carbons (Fsp3) is 0. The topological polar surface area (TPSA) is 62.2 Å². The molecule has 0 saturated carbocycles. The van der Waals surface area contributed by atoms with Crippen molar-refractivity contribution in [3.8, 4) is 0 Å². The van der Waals surface area contributed by atoms with Crippen LogP contribution in [0.15, 0.2) is 24.4 Å². The van der Waals surface area contributed by atoms with E-state index in [2.05, 4.69) is 10.3 Å². The maximum absolute atomic E-state index is 13.8. The summed E-state index contributed by atoms with van der Waals surface area (Å²) in [6.45, 7) is 0. The van der Waals surface area contributed by atoms with Crippen LogP contribution in [0.25, 0.3) is 0 Å². The first-order valence-electron chi connectivity index (χ1n) is 5.19. The average molecular weight is 303 g/mol. The molecule has 2 rings (SSSR count). The van der Waals surface area contributed by atoms with Gasteiger partial charge < -0.3 is 10.4 Å². The van der Waals surface area contributed by atoms with E-state index in [9.17, 15) is 18.0 Å². The van der Waals surface area contributed by atoms with Crippen molar-refractivity contribution in [2.75, 3.05) is 5.32 Å². The number of nitrogens with one attached hydrogen (secondary N) is 1. The maximum atomic E-state index is 13.8.